The smallest absolute Gasteiger partial charge is 0.238 e. The van der Waals surface area contributed by atoms with Crippen molar-refractivity contribution in [3.05, 3.63) is 95.7 Å². The lowest BCUT2D eigenvalue weighted by Crippen LogP contribution is -2.37. The predicted octanol–water partition coefficient (Wildman–Crippen LogP) is 4.49. The average molecular weight is 442 g/mol. The first kappa shape index (κ1) is 20.3. The number of hydrogen-bond acceptors (Lipinski definition) is 5. The van der Waals surface area contributed by atoms with Crippen molar-refractivity contribution in [3.63, 3.8) is 0 Å². The molecule has 0 saturated carbocycles. The largest absolute Gasteiger partial charge is 0.497 e. The highest BCUT2D eigenvalue weighted by Gasteiger charge is 2.29. The van der Waals surface area contributed by atoms with Gasteiger partial charge in [0, 0.05) is 11.2 Å². The maximum Gasteiger partial charge on any atom is 0.238 e. The van der Waals surface area contributed by atoms with Gasteiger partial charge in [0.25, 0.3) is 0 Å². The number of nitrogens with zero attached hydrogens (tertiary/aromatic N) is 2. The number of halogens is 1. The first-order valence-corrected chi connectivity index (χ1v) is 11.1. The minimum atomic E-state index is -3.76. The molecule has 8 heteroatoms. The summed E-state index contributed by atoms with van der Waals surface area (Å²) in [4.78, 5) is 0.0671. The van der Waals surface area contributed by atoms with Crippen LogP contribution in [0, 0.1) is 0 Å². The quantitative estimate of drug-likeness (QED) is 0.631. The molecule has 0 amide bonds. The molecule has 3 aromatic rings. The molecule has 3 aromatic carbocycles. The molecule has 2 N–H and O–H groups in total. The molecule has 4 rings (SSSR count). The van der Waals surface area contributed by atoms with Crippen LogP contribution in [0.2, 0.25) is 5.02 Å². The Kier molecular flexibility index (Phi) is 5.42. The monoisotopic (exact) mass is 441 g/mol. The Hall–Kier alpha value is -3.00. The summed E-state index contributed by atoms with van der Waals surface area (Å²) in [6, 6.07) is 21.7. The summed E-state index contributed by atoms with van der Waals surface area (Å²) in [5.41, 5.74) is 2.78. The number of rotatable bonds is 5. The lowest BCUT2D eigenvalue weighted by molar-refractivity contribution is 0.414. The number of hydrazine groups is 1. The van der Waals surface area contributed by atoms with Gasteiger partial charge in [-0.25, -0.2) is 13.6 Å². The summed E-state index contributed by atoms with van der Waals surface area (Å²) in [5, 5.41) is 9.97. The zero-order chi connectivity index (χ0) is 21.3. The molecular weight excluding hydrogens is 422 g/mol. The SMILES string of the molecule is COc1ccc(C2C=CN(c3ccc(Cl)cc3)N2c2ccc(S(N)(=O)=O)cc2)cc1. The fourth-order valence-electron chi connectivity index (χ4n) is 3.38. The summed E-state index contributed by atoms with van der Waals surface area (Å²) < 4.78 is 28.6. The first-order valence-electron chi connectivity index (χ1n) is 9.16. The third-order valence-electron chi connectivity index (χ3n) is 4.88. The zero-order valence-electron chi connectivity index (χ0n) is 16.1. The van der Waals surface area contributed by atoms with Crippen molar-refractivity contribution in [2.45, 2.75) is 10.9 Å². The number of sulfonamides is 1. The van der Waals surface area contributed by atoms with Gasteiger partial charge in [0.15, 0.2) is 0 Å². The van der Waals surface area contributed by atoms with Gasteiger partial charge in [0.1, 0.15) is 5.75 Å². The Morgan fingerprint density at radius 1 is 0.900 bits per heavy atom. The second-order valence-corrected chi connectivity index (χ2v) is 8.76. The van der Waals surface area contributed by atoms with E-state index in [2.05, 4.69) is 11.1 Å². The van der Waals surface area contributed by atoms with Gasteiger partial charge in [-0.3, -0.25) is 10.0 Å². The van der Waals surface area contributed by atoms with E-state index in [9.17, 15) is 8.42 Å². The number of benzene rings is 3. The van der Waals surface area contributed by atoms with Crippen LogP contribution in [0.15, 0.2) is 90.0 Å². The molecule has 1 aliphatic rings. The Balaban J connectivity index is 1.76. The molecule has 0 aliphatic carbocycles. The second-order valence-electron chi connectivity index (χ2n) is 6.76. The summed E-state index contributed by atoms with van der Waals surface area (Å²) in [6.07, 6.45) is 4.05. The summed E-state index contributed by atoms with van der Waals surface area (Å²) >= 11 is 6.05. The molecule has 30 heavy (non-hydrogen) atoms. The molecule has 154 valence electrons. The highest BCUT2D eigenvalue weighted by atomic mass is 35.5. The number of methoxy groups -OCH3 is 1. The van der Waals surface area contributed by atoms with Crippen LogP contribution >= 0.6 is 11.6 Å². The van der Waals surface area contributed by atoms with Gasteiger partial charge in [-0.15, -0.1) is 0 Å². The first-order chi connectivity index (χ1) is 14.4. The van der Waals surface area contributed by atoms with Gasteiger partial charge >= 0.3 is 0 Å². The maximum atomic E-state index is 11.6. The van der Waals surface area contributed by atoms with Crippen LogP contribution in [-0.2, 0) is 10.0 Å². The molecule has 0 fully saturated rings. The van der Waals surface area contributed by atoms with Crippen LogP contribution in [0.5, 0.6) is 5.75 Å². The molecule has 0 saturated heterocycles. The van der Waals surface area contributed by atoms with Crippen molar-refractivity contribution in [2.24, 2.45) is 5.14 Å². The van der Waals surface area contributed by atoms with Gasteiger partial charge in [-0.1, -0.05) is 23.7 Å². The highest BCUT2D eigenvalue weighted by molar-refractivity contribution is 7.89. The van der Waals surface area contributed by atoms with E-state index in [-0.39, 0.29) is 10.9 Å². The summed E-state index contributed by atoms with van der Waals surface area (Å²) in [6.45, 7) is 0. The van der Waals surface area contributed by atoms with Crippen molar-refractivity contribution < 1.29 is 13.2 Å². The number of ether oxygens (including phenoxy) is 1. The standard InChI is InChI=1S/C22H20ClN3O3S/c1-29-20-10-2-16(3-11-20)22-14-15-25(18-6-4-17(23)5-7-18)26(22)19-8-12-21(13-9-19)30(24,27)28/h2-15,22H,1H3,(H2,24,27,28). The van der Waals surface area contributed by atoms with E-state index in [1.54, 1.807) is 19.2 Å². The number of anilines is 2. The molecule has 1 atom stereocenters. The van der Waals surface area contributed by atoms with E-state index in [1.807, 2.05) is 59.7 Å². The van der Waals surface area contributed by atoms with Crippen molar-refractivity contribution in [1.82, 2.24) is 0 Å². The topological polar surface area (TPSA) is 75.9 Å². The van der Waals surface area contributed by atoms with E-state index >= 15 is 0 Å². The summed E-state index contributed by atoms with van der Waals surface area (Å²) in [7, 11) is -2.13. The third kappa shape index (κ3) is 4.00. The molecule has 0 bridgehead atoms. The van der Waals surface area contributed by atoms with E-state index in [0.717, 1.165) is 22.7 Å². The minimum absolute atomic E-state index is 0.0671. The fourth-order valence-corrected chi connectivity index (χ4v) is 4.02. The van der Waals surface area contributed by atoms with Gasteiger partial charge in [0.2, 0.25) is 10.0 Å². The Bertz CT molecular complexity index is 1160. The van der Waals surface area contributed by atoms with Crippen LogP contribution < -0.4 is 19.9 Å². The highest BCUT2D eigenvalue weighted by Crippen LogP contribution is 2.38. The van der Waals surface area contributed by atoms with E-state index < -0.39 is 10.0 Å². The van der Waals surface area contributed by atoms with Crippen LogP contribution in [-0.4, -0.2) is 15.5 Å². The van der Waals surface area contributed by atoms with E-state index in [4.69, 9.17) is 21.5 Å². The van der Waals surface area contributed by atoms with Crippen molar-refractivity contribution >= 4 is 33.0 Å². The van der Waals surface area contributed by atoms with Gasteiger partial charge < -0.3 is 4.74 Å². The van der Waals surface area contributed by atoms with Crippen LogP contribution in [0.25, 0.3) is 0 Å². The Morgan fingerprint density at radius 2 is 1.50 bits per heavy atom. The molecular formula is C22H20ClN3O3S. The average Bonchev–Trinajstić information content (AvgIpc) is 3.19. The number of primary sulfonamides is 1. The van der Waals surface area contributed by atoms with Crippen molar-refractivity contribution in [3.8, 4) is 5.75 Å². The van der Waals surface area contributed by atoms with Gasteiger partial charge in [-0.2, -0.15) is 0 Å². The lowest BCUT2D eigenvalue weighted by Gasteiger charge is -2.36. The molecule has 1 unspecified atom stereocenters. The summed E-state index contributed by atoms with van der Waals surface area (Å²) in [5.74, 6) is 0.777. The van der Waals surface area contributed by atoms with Crippen molar-refractivity contribution in [1.29, 1.82) is 0 Å². The third-order valence-corrected chi connectivity index (χ3v) is 6.06. The van der Waals surface area contributed by atoms with Crippen LogP contribution in [0.3, 0.4) is 0 Å². The number of hydrogen-bond donors (Lipinski definition) is 1. The van der Waals surface area contributed by atoms with E-state index in [1.165, 1.54) is 12.1 Å². The normalized spacial score (nSPS) is 16.2. The zero-order valence-corrected chi connectivity index (χ0v) is 17.7. The van der Waals surface area contributed by atoms with Crippen LogP contribution in [0.4, 0.5) is 11.4 Å². The molecule has 0 spiro atoms. The molecule has 0 aromatic heterocycles. The lowest BCUT2D eigenvalue weighted by atomic mass is 10.1. The second kappa shape index (κ2) is 8.02. The molecule has 1 heterocycles. The Morgan fingerprint density at radius 3 is 2.07 bits per heavy atom. The van der Waals surface area contributed by atoms with Crippen LogP contribution in [0.1, 0.15) is 11.6 Å². The minimum Gasteiger partial charge on any atom is -0.497 e. The molecule has 0 radical (unpaired) electrons. The molecule has 1 aliphatic heterocycles. The van der Waals surface area contributed by atoms with E-state index in [0.29, 0.717) is 5.02 Å². The maximum absolute atomic E-state index is 11.6. The molecule has 6 nitrogen and oxygen atoms in total. The van der Waals surface area contributed by atoms with Crippen molar-refractivity contribution in [2.75, 3.05) is 17.1 Å². The van der Waals surface area contributed by atoms with Gasteiger partial charge in [0.05, 0.1) is 29.4 Å². The predicted molar refractivity (Wildman–Crippen MR) is 119 cm³/mol. The fraction of sp³-hybridized carbons (Fsp3) is 0.0909. The Labute approximate surface area is 180 Å². The van der Waals surface area contributed by atoms with Gasteiger partial charge in [-0.05, 0) is 72.3 Å². The number of nitrogens with two attached hydrogens (primary N) is 1.